The van der Waals surface area contributed by atoms with E-state index < -0.39 is 0 Å². The van der Waals surface area contributed by atoms with Gasteiger partial charge in [-0.1, -0.05) is 6.07 Å². The van der Waals surface area contributed by atoms with Crippen LogP contribution in [0.25, 0.3) is 0 Å². The summed E-state index contributed by atoms with van der Waals surface area (Å²) >= 11 is 0. The number of benzene rings is 2. The van der Waals surface area contributed by atoms with E-state index in [1.807, 2.05) is 32.0 Å². The van der Waals surface area contributed by atoms with E-state index in [1.54, 1.807) is 31.4 Å². The number of methoxy groups -OCH3 is 1. The van der Waals surface area contributed by atoms with Gasteiger partial charge in [0.15, 0.2) is 11.5 Å². The normalized spacial score (nSPS) is 10.1. The molecule has 0 unspecified atom stereocenters. The van der Waals surface area contributed by atoms with E-state index in [1.165, 1.54) is 0 Å². The van der Waals surface area contributed by atoms with Crippen LogP contribution in [-0.4, -0.2) is 26.2 Å². The van der Waals surface area contributed by atoms with Gasteiger partial charge in [-0.3, -0.25) is 4.79 Å². The predicted molar refractivity (Wildman–Crippen MR) is 92.9 cm³/mol. The zero-order valence-electron chi connectivity index (χ0n) is 14.3. The first kappa shape index (κ1) is 17.7. The number of amides is 1. The van der Waals surface area contributed by atoms with E-state index in [0.717, 1.165) is 11.3 Å². The largest absolute Gasteiger partial charge is 0.497 e. The summed E-state index contributed by atoms with van der Waals surface area (Å²) in [5, 5.41) is 2.90. The second-order valence-corrected chi connectivity index (χ2v) is 5.06. The van der Waals surface area contributed by atoms with Gasteiger partial charge in [0.2, 0.25) is 0 Å². The van der Waals surface area contributed by atoms with Crippen molar-refractivity contribution in [3.63, 3.8) is 0 Å². The first-order valence-corrected chi connectivity index (χ1v) is 7.98. The van der Waals surface area contributed by atoms with Crippen LogP contribution in [0.15, 0.2) is 42.5 Å². The molecule has 1 N–H and O–H groups in total. The van der Waals surface area contributed by atoms with E-state index in [9.17, 15) is 4.79 Å². The van der Waals surface area contributed by atoms with E-state index in [2.05, 4.69) is 5.32 Å². The second kappa shape index (κ2) is 8.82. The third kappa shape index (κ3) is 4.65. The van der Waals surface area contributed by atoms with Crippen LogP contribution >= 0.6 is 0 Å². The molecule has 5 nitrogen and oxygen atoms in total. The summed E-state index contributed by atoms with van der Waals surface area (Å²) in [6.07, 6.45) is 0. The molecule has 5 heteroatoms. The van der Waals surface area contributed by atoms with Gasteiger partial charge >= 0.3 is 0 Å². The molecule has 0 saturated carbocycles. The van der Waals surface area contributed by atoms with Gasteiger partial charge in [-0.05, 0) is 55.8 Å². The molecular formula is C19H23NO4. The van der Waals surface area contributed by atoms with E-state index in [-0.39, 0.29) is 5.91 Å². The fourth-order valence-electron chi connectivity index (χ4n) is 2.23. The Kier molecular flexibility index (Phi) is 6.49. The molecule has 128 valence electrons. The highest BCUT2D eigenvalue weighted by Gasteiger charge is 2.09. The average molecular weight is 329 g/mol. The zero-order valence-corrected chi connectivity index (χ0v) is 14.3. The highest BCUT2D eigenvalue weighted by molar-refractivity contribution is 5.94. The van der Waals surface area contributed by atoms with Crippen molar-refractivity contribution in [3.8, 4) is 17.2 Å². The van der Waals surface area contributed by atoms with Crippen molar-refractivity contribution < 1.29 is 19.0 Å². The van der Waals surface area contributed by atoms with Crippen LogP contribution in [0.4, 0.5) is 0 Å². The number of hydrogen-bond acceptors (Lipinski definition) is 4. The number of hydrogen-bond donors (Lipinski definition) is 1. The number of carbonyl (C=O) groups is 1. The summed E-state index contributed by atoms with van der Waals surface area (Å²) in [7, 11) is 1.59. The van der Waals surface area contributed by atoms with Gasteiger partial charge in [0.1, 0.15) is 5.75 Å². The molecule has 0 aliphatic rings. The minimum Gasteiger partial charge on any atom is -0.497 e. The number of nitrogens with one attached hydrogen (secondary N) is 1. The summed E-state index contributed by atoms with van der Waals surface area (Å²) in [5.41, 5.74) is 1.54. The Morgan fingerprint density at radius 3 is 2.25 bits per heavy atom. The third-order valence-corrected chi connectivity index (χ3v) is 3.41. The summed E-state index contributed by atoms with van der Waals surface area (Å²) in [6, 6.07) is 12.7. The molecule has 0 fully saturated rings. The Morgan fingerprint density at radius 1 is 0.958 bits per heavy atom. The average Bonchev–Trinajstić information content (AvgIpc) is 2.62. The lowest BCUT2D eigenvalue weighted by Crippen LogP contribution is -2.22. The van der Waals surface area contributed by atoms with Gasteiger partial charge in [-0.15, -0.1) is 0 Å². The second-order valence-electron chi connectivity index (χ2n) is 5.06. The Bertz CT molecular complexity index is 668. The molecule has 2 rings (SSSR count). The van der Waals surface area contributed by atoms with Crippen LogP contribution in [0.2, 0.25) is 0 Å². The van der Waals surface area contributed by atoms with Crippen LogP contribution in [0.3, 0.4) is 0 Å². The van der Waals surface area contributed by atoms with Crippen molar-refractivity contribution in [1.29, 1.82) is 0 Å². The van der Waals surface area contributed by atoms with E-state index >= 15 is 0 Å². The zero-order chi connectivity index (χ0) is 17.4. The molecule has 0 aliphatic carbocycles. The molecule has 0 saturated heterocycles. The van der Waals surface area contributed by atoms with Gasteiger partial charge in [-0.2, -0.15) is 0 Å². The lowest BCUT2D eigenvalue weighted by Gasteiger charge is -2.13. The Balaban J connectivity index is 2.02. The molecule has 24 heavy (non-hydrogen) atoms. The summed E-state index contributed by atoms with van der Waals surface area (Å²) < 4.78 is 16.2. The molecule has 0 bridgehead atoms. The predicted octanol–water partition coefficient (Wildman–Crippen LogP) is 3.42. The summed E-state index contributed by atoms with van der Waals surface area (Å²) in [4.78, 5) is 12.2. The Hall–Kier alpha value is -2.69. The van der Waals surface area contributed by atoms with Gasteiger partial charge in [-0.25, -0.2) is 0 Å². The Morgan fingerprint density at radius 2 is 1.62 bits per heavy atom. The standard InChI is InChI=1S/C19H23NO4/c1-4-23-17-11-6-14(12-18(17)24-5-2)13-20-19(21)15-7-9-16(22-3)10-8-15/h6-12H,4-5,13H2,1-3H3,(H,20,21). The third-order valence-electron chi connectivity index (χ3n) is 3.41. The summed E-state index contributed by atoms with van der Waals surface area (Å²) in [5.74, 6) is 1.99. The molecule has 2 aromatic carbocycles. The lowest BCUT2D eigenvalue weighted by molar-refractivity contribution is 0.0951. The maximum absolute atomic E-state index is 12.2. The molecule has 0 aromatic heterocycles. The first-order valence-electron chi connectivity index (χ1n) is 7.98. The molecule has 2 aromatic rings. The minimum atomic E-state index is -0.135. The fourth-order valence-corrected chi connectivity index (χ4v) is 2.23. The molecule has 0 radical (unpaired) electrons. The van der Waals surface area contributed by atoms with Crippen LogP contribution in [0, 0.1) is 0 Å². The molecule has 0 heterocycles. The van der Waals surface area contributed by atoms with E-state index in [4.69, 9.17) is 14.2 Å². The number of rotatable bonds is 8. The maximum Gasteiger partial charge on any atom is 0.251 e. The van der Waals surface area contributed by atoms with Crippen molar-refractivity contribution in [2.75, 3.05) is 20.3 Å². The quantitative estimate of drug-likeness (QED) is 0.806. The molecule has 0 atom stereocenters. The monoisotopic (exact) mass is 329 g/mol. The highest BCUT2D eigenvalue weighted by Crippen LogP contribution is 2.28. The van der Waals surface area contributed by atoms with Crippen molar-refractivity contribution in [2.45, 2.75) is 20.4 Å². The van der Waals surface area contributed by atoms with Crippen LogP contribution in [0.5, 0.6) is 17.2 Å². The van der Waals surface area contributed by atoms with Crippen LogP contribution in [-0.2, 0) is 6.54 Å². The molecule has 0 aliphatic heterocycles. The van der Waals surface area contributed by atoms with Crippen LogP contribution < -0.4 is 19.5 Å². The SMILES string of the molecule is CCOc1ccc(CNC(=O)c2ccc(OC)cc2)cc1OCC. The van der Waals surface area contributed by atoms with Gasteiger partial charge < -0.3 is 19.5 Å². The molecular weight excluding hydrogens is 306 g/mol. The molecule has 0 spiro atoms. The van der Waals surface area contributed by atoms with Crippen LogP contribution in [0.1, 0.15) is 29.8 Å². The van der Waals surface area contributed by atoms with Crippen molar-refractivity contribution in [1.82, 2.24) is 5.32 Å². The molecule has 1 amide bonds. The summed E-state index contributed by atoms with van der Waals surface area (Å²) in [6.45, 7) is 5.40. The number of carbonyl (C=O) groups excluding carboxylic acids is 1. The highest BCUT2D eigenvalue weighted by atomic mass is 16.5. The smallest absolute Gasteiger partial charge is 0.251 e. The number of ether oxygens (including phenoxy) is 3. The van der Waals surface area contributed by atoms with Crippen molar-refractivity contribution >= 4 is 5.91 Å². The topological polar surface area (TPSA) is 56.8 Å². The fraction of sp³-hybridized carbons (Fsp3) is 0.316. The lowest BCUT2D eigenvalue weighted by atomic mass is 10.1. The van der Waals surface area contributed by atoms with Gasteiger partial charge in [0, 0.05) is 12.1 Å². The van der Waals surface area contributed by atoms with E-state index in [0.29, 0.717) is 36.8 Å². The Labute approximate surface area is 142 Å². The van der Waals surface area contributed by atoms with Gasteiger partial charge in [0.05, 0.1) is 20.3 Å². The van der Waals surface area contributed by atoms with Crippen molar-refractivity contribution in [2.24, 2.45) is 0 Å². The van der Waals surface area contributed by atoms with Crippen molar-refractivity contribution in [3.05, 3.63) is 53.6 Å². The first-order chi connectivity index (χ1) is 11.7. The maximum atomic E-state index is 12.2. The van der Waals surface area contributed by atoms with Gasteiger partial charge in [0.25, 0.3) is 5.91 Å². The minimum absolute atomic E-state index is 0.135.